The summed E-state index contributed by atoms with van der Waals surface area (Å²) < 4.78 is 1.89. The number of carbonyl (C=O) groups is 1. The van der Waals surface area contributed by atoms with Crippen molar-refractivity contribution in [1.82, 2.24) is 14.9 Å². The van der Waals surface area contributed by atoms with Crippen molar-refractivity contribution in [3.05, 3.63) is 17.7 Å². The summed E-state index contributed by atoms with van der Waals surface area (Å²) in [5.41, 5.74) is 0.130. The standard InChI is InChI=1S/C8H11N3O2/c1-5-3-11-4-6(8(12)13)10-7(11)2-9-5/h4-5,9H,2-3H2,1H3,(H,12,13). The summed E-state index contributed by atoms with van der Waals surface area (Å²) in [5, 5.41) is 11.9. The monoisotopic (exact) mass is 181 g/mol. The molecule has 2 rings (SSSR count). The first-order chi connectivity index (χ1) is 6.16. The predicted octanol–water partition coefficient (Wildman–Crippen LogP) is 0.0730. The molecule has 0 radical (unpaired) electrons. The summed E-state index contributed by atoms with van der Waals surface area (Å²) in [7, 11) is 0. The maximum Gasteiger partial charge on any atom is 0.356 e. The van der Waals surface area contributed by atoms with Crippen LogP contribution in [-0.4, -0.2) is 26.7 Å². The smallest absolute Gasteiger partial charge is 0.356 e. The Bertz CT molecular complexity index is 345. The Hall–Kier alpha value is -1.36. The van der Waals surface area contributed by atoms with Gasteiger partial charge in [-0.2, -0.15) is 0 Å². The SMILES string of the molecule is CC1Cn2cc(C(=O)O)nc2CN1. The van der Waals surface area contributed by atoms with Gasteiger partial charge in [-0.05, 0) is 6.92 Å². The van der Waals surface area contributed by atoms with Crippen LogP contribution >= 0.6 is 0 Å². The molecule has 0 saturated heterocycles. The lowest BCUT2D eigenvalue weighted by Gasteiger charge is -2.21. The molecule has 0 fully saturated rings. The number of imidazole rings is 1. The molecule has 1 atom stereocenters. The highest BCUT2D eigenvalue weighted by Gasteiger charge is 2.18. The fourth-order valence-electron chi connectivity index (χ4n) is 1.48. The molecule has 5 nitrogen and oxygen atoms in total. The van der Waals surface area contributed by atoms with Crippen molar-refractivity contribution in [3.63, 3.8) is 0 Å². The van der Waals surface area contributed by atoms with E-state index < -0.39 is 5.97 Å². The van der Waals surface area contributed by atoms with E-state index in [1.54, 1.807) is 6.20 Å². The number of hydrogen-bond donors (Lipinski definition) is 2. The van der Waals surface area contributed by atoms with Crippen molar-refractivity contribution in [2.24, 2.45) is 0 Å². The first kappa shape index (κ1) is 8.25. The van der Waals surface area contributed by atoms with Gasteiger partial charge in [0.15, 0.2) is 5.69 Å². The van der Waals surface area contributed by atoms with Crippen LogP contribution in [0.3, 0.4) is 0 Å². The van der Waals surface area contributed by atoms with Gasteiger partial charge < -0.3 is 15.0 Å². The van der Waals surface area contributed by atoms with Gasteiger partial charge in [-0.1, -0.05) is 0 Å². The molecular weight excluding hydrogens is 170 g/mol. The van der Waals surface area contributed by atoms with Gasteiger partial charge in [0.05, 0.1) is 6.54 Å². The molecular formula is C8H11N3O2. The summed E-state index contributed by atoms with van der Waals surface area (Å²) in [6.07, 6.45) is 1.59. The minimum absolute atomic E-state index is 0.130. The van der Waals surface area contributed by atoms with Crippen molar-refractivity contribution in [2.45, 2.75) is 26.1 Å². The molecule has 0 bridgehead atoms. The molecule has 2 heterocycles. The number of rotatable bonds is 1. The summed E-state index contributed by atoms with van der Waals surface area (Å²) in [5.74, 6) is -0.162. The van der Waals surface area contributed by atoms with E-state index in [1.165, 1.54) is 0 Å². The average molecular weight is 181 g/mol. The van der Waals surface area contributed by atoms with Crippen LogP contribution in [0, 0.1) is 0 Å². The van der Waals surface area contributed by atoms with Crippen molar-refractivity contribution in [1.29, 1.82) is 0 Å². The van der Waals surface area contributed by atoms with Gasteiger partial charge in [-0.15, -0.1) is 0 Å². The molecule has 5 heteroatoms. The first-order valence-corrected chi connectivity index (χ1v) is 4.19. The topological polar surface area (TPSA) is 67.2 Å². The molecule has 0 saturated carbocycles. The van der Waals surface area contributed by atoms with Crippen LogP contribution in [0.25, 0.3) is 0 Å². The third kappa shape index (κ3) is 1.42. The Morgan fingerprint density at radius 2 is 2.62 bits per heavy atom. The summed E-state index contributed by atoms with van der Waals surface area (Å²) in [6.45, 7) is 3.49. The molecule has 0 aromatic carbocycles. The Morgan fingerprint density at radius 1 is 1.85 bits per heavy atom. The molecule has 0 amide bonds. The number of nitrogens with zero attached hydrogens (tertiary/aromatic N) is 2. The van der Waals surface area contributed by atoms with Crippen LogP contribution in [0.15, 0.2) is 6.20 Å². The largest absolute Gasteiger partial charge is 0.476 e. The Balaban J connectivity index is 2.33. The number of hydrogen-bond acceptors (Lipinski definition) is 3. The minimum atomic E-state index is -0.963. The molecule has 2 N–H and O–H groups in total. The molecule has 1 aromatic rings. The van der Waals surface area contributed by atoms with Gasteiger partial charge in [0.2, 0.25) is 0 Å². The fraction of sp³-hybridized carbons (Fsp3) is 0.500. The van der Waals surface area contributed by atoms with Crippen LogP contribution in [0.2, 0.25) is 0 Å². The molecule has 1 aromatic heterocycles. The normalized spacial score (nSPS) is 21.2. The van der Waals surface area contributed by atoms with Crippen LogP contribution in [0.4, 0.5) is 0 Å². The summed E-state index contributed by atoms with van der Waals surface area (Å²) >= 11 is 0. The zero-order valence-electron chi connectivity index (χ0n) is 7.32. The van der Waals surface area contributed by atoms with E-state index in [2.05, 4.69) is 17.2 Å². The Labute approximate surface area is 75.4 Å². The van der Waals surface area contributed by atoms with Crippen molar-refractivity contribution < 1.29 is 9.90 Å². The van der Waals surface area contributed by atoms with Crippen LogP contribution in [-0.2, 0) is 13.1 Å². The zero-order valence-corrected chi connectivity index (χ0v) is 7.32. The summed E-state index contributed by atoms with van der Waals surface area (Å²) in [4.78, 5) is 14.6. The molecule has 1 aliphatic heterocycles. The molecule has 1 aliphatic rings. The third-order valence-corrected chi connectivity index (χ3v) is 2.16. The van der Waals surface area contributed by atoms with Gasteiger partial charge in [-0.25, -0.2) is 9.78 Å². The average Bonchev–Trinajstić information content (AvgIpc) is 2.46. The highest BCUT2D eigenvalue weighted by Crippen LogP contribution is 2.09. The second kappa shape index (κ2) is 2.85. The van der Waals surface area contributed by atoms with E-state index >= 15 is 0 Å². The number of aromatic nitrogens is 2. The van der Waals surface area contributed by atoms with Crippen molar-refractivity contribution >= 4 is 5.97 Å². The second-order valence-corrected chi connectivity index (χ2v) is 3.28. The first-order valence-electron chi connectivity index (χ1n) is 4.19. The van der Waals surface area contributed by atoms with Crippen LogP contribution in [0.1, 0.15) is 23.2 Å². The number of carboxylic acids is 1. The van der Waals surface area contributed by atoms with E-state index in [4.69, 9.17) is 5.11 Å². The Morgan fingerprint density at radius 3 is 3.31 bits per heavy atom. The lowest BCUT2D eigenvalue weighted by atomic mass is 10.3. The number of fused-ring (bicyclic) bond motifs is 1. The van der Waals surface area contributed by atoms with E-state index in [9.17, 15) is 4.79 Å². The minimum Gasteiger partial charge on any atom is -0.476 e. The predicted molar refractivity (Wildman–Crippen MR) is 45.5 cm³/mol. The van der Waals surface area contributed by atoms with Gasteiger partial charge in [0.25, 0.3) is 0 Å². The van der Waals surface area contributed by atoms with Gasteiger partial charge in [0.1, 0.15) is 5.82 Å². The van der Waals surface area contributed by atoms with E-state index in [0.717, 1.165) is 12.4 Å². The number of carboxylic acid groups (broad SMARTS) is 1. The molecule has 0 spiro atoms. The highest BCUT2D eigenvalue weighted by molar-refractivity contribution is 5.85. The zero-order chi connectivity index (χ0) is 9.42. The maximum absolute atomic E-state index is 10.6. The Kier molecular flexibility index (Phi) is 1.81. The highest BCUT2D eigenvalue weighted by atomic mass is 16.4. The second-order valence-electron chi connectivity index (χ2n) is 3.28. The van der Waals surface area contributed by atoms with Gasteiger partial charge in [0, 0.05) is 18.8 Å². The van der Waals surface area contributed by atoms with E-state index in [1.807, 2.05) is 4.57 Å². The van der Waals surface area contributed by atoms with Gasteiger partial charge in [-0.3, -0.25) is 0 Å². The maximum atomic E-state index is 10.6. The molecule has 13 heavy (non-hydrogen) atoms. The number of aromatic carboxylic acids is 1. The third-order valence-electron chi connectivity index (χ3n) is 2.16. The summed E-state index contributed by atoms with van der Waals surface area (Å²) in [6, 6.07) is 0.378. The number of nitrogens with one attached hydrogen (secondary N) is 1. The van der Waals surface area contributed by atoms with Gasteiger partial charge >= 0.3 is 5.97 Å². The molecule has 70 valence electrons. The lowest BCUT2D eigenvalue weighted by Crippen LogP contribution is -2.36. The van der Waals surface area contributed by atoms with Crippen molar-refractivity contribution in [2.75, 3.05) is 0 Å². The fourth-order valence-corrected chi connectivity index (χ4v) is 1.48. The van der Waals surface area contributed by atoms with Crippen LogP contribution < -0.4 is 5.32 Å². The van der Waals surface area contributed by atoms with Crippen molar-refractivity contribution in [3.8, 4) is 0 Å². The quantitative estimate of drug-likeness (QED) is 0.643. The molecule has 0 aliphatic carbocycles. The van der Waals surface area contributed by atoms with E-state index in [-0.39, 0.29) is 5.69 Å². The lowest BCUT2D eigenvalue weighted by molar-refractivity contribution is 0.0691. The molecule has 1 unspecified atom stereocenters. The van der Waals surface area contributed by atoms with E-state index in [0.29, 0.717) is 12.6 Å². The van der Waals surface area contributed by atoms with Crippen LogP contribution in [0.5, 0.6) is 0 Å².